The summed E-state index contributed by atoms with van der Waals surface area (Å²) in [6.07, 6.45) is 9.31. The standard InChI is InChI=1S/C16H25NO4/c1-20-16(19)8-9-17(12-14-7-4-10-21-14)15(18)11-13-5-2-3-6-13/h2,5,13-14H,3-4,6-12H2,1H3. The maximum absolute atomic E-state index is 12.5. The summed E-state index contributed by atoms with van der Waals surface area (Å²) in [7, 11) is 1.37. The zero-order chi connectivity index (χ0) is 15.1. The third-order valence-electron chi connectivity index (χ3n) is 4.16. The summed E-state index contributed by atoms with van der Waals surface area (Å²) >= 11 is 0. The highest BCUT2D eigenvalue weighted by molar-refractivity contribution is 5.77. The van der Waals surface area contributed by atoms with Crippen molar-refractivity contribution in [2.24, 2.45) is 5.92 Å². The van der Waals surface area contributed by atoms with Gasteiger partial charge in [-0.2, -0.15) is 0 Å². The Balaban J connectivity index is 1.86. The first-order valence-corrected chi connectivity index (χ1v) is 7.82. The molecule has 0 radical (unpaired) electrons. The van der Waals surface area contributed by atoms with Gasteiger partial charge in [0.15, 0.2) is 0 Å². The lowest BCUT2D eigenvalue weighted by molar-refractivity contribution is -0.142. The summed E-state index contributed by atoms with van der Waals surface area (Å²) in [5.41, 5.74) is 0. The minimum atomic E-state index is -0.277. The summed E-state index contributed by atoms with van der Waals surface area (Å²) in [4.78, 5) is 25.6. The molecule has 1 saturated heterocycles. The van der Waals surface area contributed by atoms with E-state index in [0.29, 0.717) is 25.4 Å². The molecule has 1 amide bonds. The summed E-state index contributed by atoms with van der Waals surface area (Å²) in [5.74, 6) is 0.189. The molecule has 0 bridgehead atoms. The second-order valence-electron chi connectivity index (χ2n) is 5.77. The van der Waals surface area contributed by atoms with Gasteiger partial charge >= 0.3 is 5.97 Å². The van der Waals surface area contributed by atoms with Crippen LogP contribution in [0.2, 0.25) is 0 Å². The Kier molecular flexibility index (Phi) is 6.23. The van der Waals surface area contributed by atoms with Crippen LogP contribution in [0.25, 0.3) is 0 Å². The molecular formula is C16H25NO4. The van der Waals surface area contributed by atoms with E-state index in [1.54, 1.807) is 4.90 Å². The molecule has 2 unspecified atom stereocenters. The molecule has 1 fully saturated rings. The monoisotopic (exact) mass is 295 g/mol. The van der Waals surface area contributed by atoms with E-state index in [4.69, 9.17) is 4.74 Å². The third kappa shape index (κ3) is 5.16. The maximum Gasteiger partial charge on any atom is 0.307 e. The fourth-order valence-electron chi connectivity index (χ4n) is 2.90. The number of allylic oxidation sites excluding steroid dienone is 2. The van der Waals surface area contributed by atoms with Crippen LogP contribution in [0.5, 0.6) is 0 Å². The summed E-state index contributed by atoms with van der Waals surface area (Å²) in [5, 5.41) is 0. The number of rotatable bonds is 7. The minimum absolute atomic E-state index is 0.116. The van der Waals surface area contributed by atoms with E-state index in [-0.39, 0.29) is 24.4 Å². The number of methoxy groups -OCH3 is 1. The van der Waals surface area contributed by atoms with E-state index in [1.807, 2.05) is 0 Å². The molecular weight excluding hydrogens is 270 g/mol. The number of hydrogen-bond donors (Lipinski definition) is 0. The highest BCUT2D eigenvalue weighted by atomic mass is 16.5. The lowest BCUT2D eigenvalue weighted by atomic mass is 10.0. The van der Waals surface area contributed by atoms with Gasteiger partial charge in [-0.25, -0.2) is 0 Å². The van der Waals surface area contributed by atoms with Crippen LogP contribution < -0.4 is 0 Å². The first kappa shape index (κ1) is 16.0. The van der Waals surface area contributed by atoms with Gasteiger partial charge in [-0.3, -0.25) is 9.59 Å². The van der Waals surface area contributed by atoms with Gasteiger partial charge in [0.1, 0.15) is 0 Å². The molecule has 2 rings (SSSR count). The van der Waals surface area contributed by atoms with Gasteiger partial charge in [0, 0.05) is 26.1 Å². The Morgan fingerprint density at radius 1 is 1.38 bits per heavy atom. The SMILES string of the molecule is COC(=O)CCN(CC1CCCO1)C(=O)CC1C=CCC1. The van der Waals surface area contributed by atoms with Gasteiger partial charge in [0.2, 0.25) is 5.91 Å². The molecule has 5 nitrogen and oxygen atoms in total. The molecule has 1 aliphatic heterocycles. The Labute approximate surface area is 126 Å². The van der Waals surface area contributed by atoms with Gasteiger partial charge in [-0.1, -0.05) is 12.2 Å². The number of hydrogen-bond acceptors (Lipinski definition) is 4. The summed E-state index contributed by atoms with van der Waals surface area (Å²) < 4.78 is 10.3. The van der Waals surface area contributed by atoms with E-state index < -0.39 is 0 Å². The van der Waals surface area contributed by atoms with Crippen molar-refractivity contribution < 1.29 is 19.1 Å². The van der Waals surface area contributed by atoms with Crippen molar-refractivity contribution in [1.29, 1.82) is 0 Å². The first-order valence-electron chi connectivity index (χ1n) is 7.82. The number of ether oxygens (including phenoxy) is 2. The predicted octanol–water partition coefficient (Wildman–Crippen LogP) is 1.91. The second kappa shape index (κ2) is 8.17. The van der Waals surface area contributed by atoms with E-state index >= 15 is 0 Å². The zero-order valence-corrected chi connectivity index (χ0v) is 12.8. The molecule has 0 spiro atoms. The normalized spacial score (nSPS) is 24.2. The lowest BCUT2D eigenvalue weighted by Gasteiger charge is -2.26. The third-order valence-corrected chi connectivity index (χ3v) is 4.16. The zero-order valence-electron chi connectivity index (χ0n) is 12.8. The molecule has 0 aromatic carbocycles. The van der Waals surface area contributed by atoms with Gasteiger partial charge in [0.05, 0.1) is 19.6 Å². The Morgan fingerprint density at radius 2 is 2.24 bits per heavy atom. The topological polar surface area (TPSA) is 55.8 Å². The lowest BCUT2D eigenvalue weighted by Crippen LogP contribution is -2.39. The average molecular weight is 295 g/mol. The van der Waals surface area contributed by atoms with Crippen LogP contribution in [0, 0.1) is 5.92 Å². The molecule has 118 valence electrons. The van der Waals surface area contributed by atoms with Crippen LogP contribution >= 0.6 is 0 Å². The van der Waals surface area contributed by atoms with Crippen LogP contribution in [0.4, 0.5) is 0 Å². The largest absolute Gasteiger partial charge is 0.469 e. The molecule has 1 aliphatic carbocycles. The van der Waals surface area contributed by atoms with Gasteiger partial charge in [-0.05, 0) is 31.6 Å². The van der Waals surface area contributed by atoms with Crippen LogP contribution in [-0.2, 0) is 19.1 Å². The quantitative estimate of drug-likeness (QED) is 0.532. The predicted molar refractivity (Wildman–Crippen MR) is 78.7 cm³/mol. The van der Waals surface area contributed by atoms with Gasteiger partial charge in [0.25, 0.3) is 0 Å². The molecule has 0 aromatic heterocycles. The maximum atomic E-state index is 12.5. The van der Waals surface area contributed by atoms with Crippen molar-refractivity contribution in [3.8, 4) is 0 Å². The van der Waals surface area contributed by atoms with E-state index in [2.05, 4.69) is 16.9 Å². The molecule has 21 heavy (non-hydrogen) atoms. The Hall–Kier alpha value is -1.36. The highest BCUT2D eigenvalue weighted by Crippen LogP contribution is 2.22. The number of nitrogens with zero attached hydrogens (tertiary/aromatic N) is 1. The summed E-state index contributed by atoms with van der Waals surface area (Å²) in [6, 6.07) is 0. The molecule has 0 aromatic rings. The van der Waals surface area contributed by atoms with Crippen LogP contribution in [0.1, 0.15) is 38.5 Å². The first-order chi connectivity index (χ1) is 10.2. The molecule has 0 N–H and O–H groups in total. The molecule has 0 saturated carbocycles. The Bertz CT molecular complexity index is 388. The van der Waals surface area contributed by atoms with E-state index in [1.165, 1.54) is 7.11 Å². The van der Waals surface area contributed by atoms with Crippen molar-refractivity contribution in [1.82, 2.24) is 4.90 Å². The second-order valence-corrected chi connectivity index (χ2v) is 5.77. The van der Waals surface area contributed by atoms with E-state index in [0.717, 1.165) is 32.3 Å². The van der Waals surface area contributed by atoms with Crippen LogP contribution in [-0.4, -0.2) is 49.7 Å². The van der Waals surface area contributed by atoms with E-state index in [9.17, 15) is 9.59 Å². The van der Waals surface area contributed by atoms with Crippen molar-refractivity contribution in [2.75, 3.05) is 26.8 Å². The van der Waals surface area contributed by atoms with Crippen molar-refractivity contribution in [2.45, 2.75) is 44.6 Å². The smallest absolute Gasteiger partial charge is 0.307 e. The number of carbonyl (C=O) groups is 2. The number of carbonyl (C=O) groups excluding carboxylic acids is 2. The molecule has 2 atom stereocenters. The fraction of sp³-hybridized carbons (Fsp3) is 0.750. The highest BCUT2D eigenvalue weighted by Gasteiger charge is 2.25. The van der Waals surface area contributed by atoms with Crippen molar-refractivity contribution >= 4 is 11.9 Å². The minimum Gasteiger partial charge on any atom is -0.469 e. The average Bonchev–Trinajstić information content (AvgIpc) is 3.16. The number of esters is 1. The van der Waals surface area contributed by atoms with Crippen LogP contribution in [0.15, 0.2) is 12.2 Å². The van der Waals surface area contributed by atoms with Crippen molar-refractivity contribution in [3.63, 3.8) is 0 Å². The molecule has 1 heterocycles. The molecule has 5 heteroatoms. The Morgan fingerprint density at radius 3 is 2.86 bits per heavy atom. The molecule has 2 aliphatic rings. The van der Waals surface area contributed by atoms with Crippen LogP contribution in [0.3, 0.4) is 0 Å². The van der Waals surface area contributed by atoms with Gasteiger partial charge < -0.3 is 14.4 Å². The number of amides is 1. The summed E-state index contributed by atoms with van der Waals surface area (Å²) in [6.45, 7) is 1.78. The van der Waals surface area contributed by atoms with Gasteiger partial charge in [-0.15, -0.1) is 0 Å². The fourth-order valence-corrected chi connectivity index (χ4v) is 2.90. The van der Waals surface area contributed by atoms with Crippen molar-refractivity contribution in [3.05, 3.63) is 12.2 Å².